The van der Waals surface area contributed by atoms with E-state index in [-0.39, 0.29) is 17.9 Å². The summed E-state index contributed by atoms with van der Waals surface area (Å²) in [5, 5.41) is 0. The van der Waals surface area contributed by atoms with Gasteiger partial charge in [-0.3, -0.25) is 4.79 Å². The van der Waals surface area contributed by atoms with Crippen LogP contribution in [0.25, 0.3) is 0 Å². The summed E-state index contributed by atoms with van der Waals surface area (Å²) < 4.78 is 0. The van der Waals surface area contributed by atoms with E-state index in [1.165, 1.54) is 12.8 Å². The summed E-state index contributed by atoms with van der Waals surface area (Å²) in [4.78, 5) is 13.9. The van der Waals surface area contributed by atoms with Crippen LogP contribution in [-0.4, -0.2) is 16.8 Å². The Labute approximate surface area is 93.3 Å². The van der Waals surface area contributed by atoms with Gasteiger partial charge in [0.05, 0.1) is 0 Å². The molecule has 1 rings (SSSR count). The standard InChI is InChI=1S/C13H23NO/c1-5-14(10(2)3)13(15)12-8-6-11(4)7-9-12/h5,10-12H,1,6-9H2,2-4H3. The third-order valence-corrected chi connectivity index (χ3v) is 3.37. The van der Waals surface area contributed by atoms with Crippen LogP contribution in [0, 0.1) is 11.8 Å². The molecule has 1 saturated carbocycles. The van der Waals surface area contributed by atoms with Crippen molar-refractivity contribution in [3.63, 3.8) is 0 Å². The Bertz CT molecular complexity index is 227. The van der Waals surface area contributed by atoms with Gasteiger partial charge in [0.1, 0.15) is 0 Å². The molecule has 0 atom stereocenters. The van der Waals surface area contributed by atoms with Crippen LogP contribution in [0.2, 0.25) is 0 Å². The topological polar surface area (TPSA) is 20.3 Å². The lowest BCUT2D eigenvalue weighted by Crippen LogP contribution is -2.38. The second-order valence-corrected chi connectivity index (χ2v) is 4.98. The summed E-state index contributed by atoms with van der Waals surface area (Å²) in [6, 6.07) is 0.231. The number of carbonyl (C=O) groups is 1. The molecule has 0 aromatic carbocycles. The van der Waals surface area contributed by atoms with E-state index in [0.717, 1.165) is 18.8 Å². The van der Waals surface area contributed by atoms with Crippen LogP contribution in [-0.2, 0) is 4.79 Å². The molecule has 0 bridgehead atoms. The largest absolute Gasteiger partial charge is 0.317 e. The third-order valence-electron chi connectivity index (χ3n) is 3.37. The number of hydrogen-bond donors (Lipinski definition) is 0. The molecule has 15 heavy (non-hydrogen) atoms. The van der Waals surface area contributed by atoms with Gasteiger partial charge in [-0.2, -0.15) is 0 Å². The van der Waals surface area contributed by atoms with Gasteiger partial charge < -0.3 is 4.90 Å². The summed E-state index contributed by atoms with van der Waals surface area (Å²) in [6.07, 6.45) is 6.16. The van der Waals surface area contributed by atoms with Gasteiger partial charge in [-0.05, 0) is 51.6 Å². The molecular formula is C13H23NO. The molecule has 0 unspecified atom stereocenters. The smallest absolute Gasteiger partial charge is 0.229 e. The van der Waals surface area contributed by atoms with Crippen molar-refractivity contribution in [2.45, 2.75) is 52.5 Å². The lowest BCUT2D eigenvalue weighted by atomic mass is 9.82. The first-order chi connectivity index (χ1) is 7.06. The maximum atomic E-state index is 12.1. The zero-order chi connectivity index (χ0) is 11.4. The molecule has 0 aliphatic heterocycles. The number of nitrogens with zero attached hydrogens (tertiary/aromatic N) is 1. The van der Waals surface area contributed by atoms with Gasteiger partial charge in [-0.25, -0.2) is 0 Å². The van der Waals surface area contributed by atoms with Crippen molar-refractivity contribution >= 4 is 5.91 Å². The van der Waals surface area contributed by atoms with Gasteiger partial charge in [0, 0.05) is 12.0 Å². The molecule has 1 aliphatic rings. The van der Waals surface area contributed by atoms with Crippen LogP contribution in [0.3, 0.4) is 0 Å². The lowest BCUT2D eigenvalue weighted by Gasteiger charge is -2.31. The Morgan fingerprint density at radius 2 is 1.87 bits per heavy atom. The van der Waals surface area contributed by atoms with Gasteiger partial charge in [-0.15, -0.1) is 0 Å². The van der Waals surface area contributed by atoms with Gasteiger partial charge in [0.15, 0.2) is 0 Å². The molecule has 0 aromatic heterocycles. The number of amides is 1. The summed E-state index contributed by atoms with van der Waals surface area (Å²) in [5.41, 5.74) is 0. The summed E-state index contributed by atoms with van der Waals surface area (Å²) >= 11 is 0. The quantitative estimate of drug-likeness (QED) is 0.699. The first kappa shape index (κ1) is 12.3. The second-order valence-electron chi connectivity index (χ2n) is 4.98. The number of carbonyl (C=O) groups excluding carboxylic acids is 1. The van der Waals surface area contributed by atoms with Crippen molar-refractivity contribution in [1.29, 1.82) is 0 Å². The van der Waals surface area contributed by atoms with Crippen LogP contribution < -0.4 is 0 Å². The predicted octanol–water partition coefficient (Wildman–Crippen LogP) is 3.19. The Hall–Kier alpha value is -0.790. The van der Waals surface area contributed by atoms with E-state index >= 15 is 0 Å². The minimum atomic E-state index is 0.231. The minimum Gasteiger partial charge on any atom is -0.317 e. The van der Waals surface area contributed by atoms with Crippen LogP contribution >= 0.6 is 0 Å². The van der Waals surface area contributed by atoms with Crippen molar-refractivity contribution in [2.24, 2.45) is 11.8 Å². The van der Waals surface area contributed by atoms with Gasteiger partial charge in [0.25, 0.3) is 0 Å². The summed E-state index contributed by atoms with van der Waals surface area (Å²) in [5.74, 6) is 1.30. The van der Waals surface area contributed by atoms with Crippen molar-refractivity contribution in [3.8, 4) is 0 Å². The number of rotatable bonds is 3. The average Bonchev–Trinajstić information content (AvgIpc) is 2.19. The molecule has 2 nitrogen and oxygen atoms in total. The molecule has 1 aliphatic carbocycles. The zero-order valence-corrected chi connectivity index (χ0v) is 10.2. The molecule has 0 spiro atoms. The summed E-state index contributed by atoms with van der Waals surface area (Å²) in [7, 11) is 0. The molecule has 0 heterocycles. The van der Waals surface area contributed by atoms with E-state index < -0.39 is 0 Å². The van der Waals surface area contributed by atoms with Crippen molar-refractivity contribution in [3.05, 3.63) is 12.8 Å². The Morgan fingerprint density at radius 3 is 2.27 bits per heavy atom. The van der Waals surface area contributed by atoms with Gasteiger partial charge in [0.2, 0.25) is 5.91 Å². The number of hydrogen-bond acceptors (Lipinski definition) is 1. The molecule has 1 fully saturated rings. The maximum Gasteiger partial charge on any atom is 0.229 e. The highest BCUT2D eigenvalue weighted by Crippen LogP contribution is 2.29. The molecule has 0 radical (unpaired) electrons. The highest BCUT2D eigenvalue weighted by Gasteiger charge is 2.27. The monoisotopic (exact) mass is 209 g/mol. The molecule has 0 saturated heterocycles. The molecule has 0 N–H and O–H groups in total. The Kier molecular flexibility index (Phi) is 4.37. The van der Waals surface area contributed by atoms with E-state index in [4.69, 9.17) is 0 Å². The molecule has 1 amide bonds. The van der Waals surface area contributed by atoms with Gasteiger partial charge >= 0.3 is 0 Å². The average molecular weight is 209 g/mol. The molecule has 86 valence electrons. The maximum absolute atomic E-state index is 12.1. The summed E-state index contributed by atoms with van der Waals surface area (Å²) in [6.45, 7) is 10.1. The van der Waals surface area contributed by atoms with E-state index in [2.05, 4.69) is 13.5 Å². The van der Waals surface area contributed by atoms with Crippen molar-refractivity contribution in [2.75, 3.05) is 0 Å². The first-order valence-corrected chi connectivity index (χ1v) is 6.01. The van der Waals surface area contributed by atoms with Crippen LogP contribution in [0.5, 0.6) is 0 Å². The fourth-order valence-electron chi connectivity index (χ4n) is 2.27. The fourth-order valence-corrected chi connectivity index (χ4v) is 2.27. The fraction of sp³-hybridized carbons (Fsp3) is 0.769. The van der Waals surface area contributed by atoms with Crippen LogP contribution in [0.15, 0.2) is 12.8 Å². The highest BCUT2D eigenvalue weighted by molar-refractivity contribution is 5.80. The van der Waals surface area contributed by atoms with E-state index in [9.17, 15) is 4.79 Å². The Balaban J connectivity index is 2.55. The SMILES string of the molecule is C=CN(C(=O)C1CCC(C)CC1)C(C)C. The van der Waals surface area contributed by atoms with E-state index in [1.807, 2.05) is 13.8 Å². The molecule has 2 heteroatoms. The normalized spacial score (nSPS) is 26.4. The highest BCUT2D eigenvalue weighted by atomic mass is 16.2. The Morgan fingerprint density at radius 1 is 1.33 bits per heavy atom. The van der Waals surface area contributed by atoms with Gasteiger partial charge in [-0.1, -0.05) is 13.5 Å². The first-order valence-electron chi connectivity index (χ1n) is 6.01. The molecule has 0 aromatic rings. The molecular weight excluding hydrogens is 186 g/mol. The minimum absolute atomic E-state index is 0.231. The van der Waals surface area contributed by atoms with Crippen LogP contribution in [0.1, 0.15) is 46.5 Å². The third kappa shape index (κ3) is 3.08. The van der Waals surface area contributed by atoms with Crippen LogP contribution in [0.4, 0.5) is 0 Å². The van der Waals surface area contributed by atoms with E-state index in [0.29, 0.717) is 0 Å². The zero-order valence-electron chi connectivity index (χ0n) is 10.2. The predicted molar refractivity (Wildman–Crippen MR) is 63.3 cm³/mol. The lowest BCUT2D eigenvalue weighted by molar-refractivity contribution is -0.135. The van der Waals surface area contributed by atoms with E-state index in [1.54, 1.807) is 11.1 Å². The second kappa shape index (κ2) is 5.34. The van der Waals surface area contributed by atoms with Crippen molar-refractivity contribution < 1.29 is 4.79 Å². The van der Waals surface area contributed by atoms with Crippen molar-refractivity contribution in [1.82, 2.24) is 4.90 Å².